The quantitative estimate of drug-likeness (QED) is 0.913. The van der Waals surface area contributed by atoms with Gasteiger partial charge in [-0.2, -0.15) is 0 Å². The summed E-state index contributed by atoms with van der Waals surface area (Å²) in [6.45, 7) is 1.06. The van der Waals surface area contributed by atoms with Crippen molar-refractivity contribution < 1.29 is 9.84 Å². The number of benzene rings is 1. The van der Waals surface area contributed by atoms with Crippen molar-refractivity contribution >= 4 is 23.1 Å². The van der Waals surface area contributed by atoms with E-state index in [0.717, 1.165) is 17.8 Å². The Morgan fingerprint density at radius 3 is 2.87 bits per heavy atom. The first-order chi connectivity index (χ1) is 11.2. The second kappa shape index (κ2) is 6.22. The molecule has 2 aliphatic rings. The van der Waals surface area contributed by atoms with Crippen LogP contribution in [0.15, 0.2) is 39.4 Å². The van der Waals surface area contributed by atoms with Gasteiger partial charge in [0, 0.05) is 27.8 Å². The number of likely N-dealkylation sites (N-methyl/N-ethyl adjacent to an activating group) is 1. The van der Waals surface area contributed by atoms with Gasteiger partial charge in [0.1, 0.15) is 0 Å². The van der Waals surface area contributed by atoms with Crippen LogP contribution in [-0.4, -0.2) is 36.8 Å². The Balaban J connectivity index is 1.77. The van der Waals surface area contributed by atoms with Gasteiger partial charge >= 0.3 is 0 Å². The van der Waals surface area contributed by atoms with E-state index in [2.05, 4.69) is 49.3 Å². The number of nitrogens with zero attached hydrogens (tertiary/aromatic N) is 1. The Morgan fingerprint density at radius 1 is 1.26 bits per heavy atom. The number of thiophene rings is 1. The van der Waals surface area contributed by atoms with E-state index in [1.807, 2.05) is 11.8 Å². The van der Waals surface area contributed by atoms with Crippen molar-refractivity contribution in [3.8, 4) is 0 Å². The fourth-order valence-electron chi connectivity index (χ4n) is 3.64. The fraction of sp³-hybridized carbons (Fsp3) is 0.444. The van der Waals surface area contributed by atoms with Gasteiger partial charge in [-0.3, -0.25) is 0 Å². The molecule has 4 rings (SSSR count). The predicted molar refractivity (Wildman–Crippen MR) is 94.3 cm³/mol. The zero-order chi connectivity index (χ0) is 16.0. The zero-order valence-electron chi connectivity index (χ0n) is 13.4. The summed E-state index contributed by atoms with van der Waals surface area (Å²) in [4.78, 5) is 4.56. The van der Waals surface area contributed by atoms with Gasteiger partial charge in [0.25, 0.3) is 0 Å². The summed E-state index contributed by atoms with van der Waals surface area (Å²) in [7, 11) is 4.20. The van der Waals surface area contributed by atoms with Gasteiger partial charge in [-0.05, 0) is 38.2 Å². The van der Waals surface area contributed by atoms with Gasteiger partial charge in [0.2, 0.25) is 0 Å². The van der Waals surface area contributed by atoms with Gasteiger partial charge in [0.15, 0.2) is 0 Å². The summed E-state index contributed by atoms with van der Waals surface area (Å²) < 4.78 is 7.74. The minimum Gasteiger partial charge on any atom is -0.391 e. The lowest BCUT2D eigenvalue weighted by Crippen LogP contribution is -2.25. The molecule has 2 aliphatic heterocycles. The van der Waals surface area contributed by atoms with Crippen molar-refractivity contribution in [1.82, 2.24) is 4.90 Å². The van der Waals surface area contributed by atoms with Gasteiger partial charge < -0.3 is 14.7 Å². The second-order valence-corrected chi connectivity index (χ2v) is 8.98. The molecule has 1 aromatic carbocycles. The van der Waals surface area contributed by atoms with E-state index in [1.54, 1.807) is 11.3 Å². The molecule has 1 N–H and O–H groups in total. The molecule has 122 valence electrons. The summed E-state index contributed by atoms with van der Waals surface area (Å²) in [6.07, 6.45) is 1.44. The molecule has 0 spiro atoms. The summed E-state index contributed by atoms with van der Waals surface area (Å²) in [5.74, 6) is 0.408. The van der Waals surface area contributed by atoms with Crippen molar-refractivity contribution in [1.29, 1.82) is 0 Å². The molecule has 3 atom stereocenters. The highest BCUT2D eigenvalue weighted by molar-refractivity contribution is 8.01. The lowest BCUT2D eigenvalue weighted by atomic mass is 9.88. The maximum atomic E-state index is 9.52. The monoisotopic (exact) mass is 347 g/mol. The normalized spacial score (nSPS) is 25.8. The Morgan fingerprint density at radius 2 is 2.09 bits per heavy atom. The average molecular weight is 348 g/mol. The molecule has 1 saturated heterocycles. The topological polar surface area (TPSA) is 32.7 Å². The standard InChI is InChI=1S/C18H21NO2S2/c1-19(2)9-11-7-14-13-5-3-4-6-16(13)23-18-15(17(14)21-11)8-12(10-20)22-18/h3-6,8,11,14,17,20H,7,9-10H2,1-2H3/t11-,14+,17+/m0/s1. The SMILES string of the molecule is CN(C)C[C@@H]1C[C@@H]2c3ccccc3Sc3sc(CO)cc3[C@@H]2O1. The van der Waals surface area contributed by atoms with Crippen molar-refractivity contribution in [3.05, 3.63) is 46.3 Å². The molecule has 2 aromatic rings. The molecule has 0 unspecified atom stereocenters. The molecule has 23 heavy (non-hydrogen) atoms. The van der Waals surface area contributed by atoms with Gasteiger partial charge in [-0.15, -0.1) is 11.3 Å². The molecule has 0 saturated carbocycles. The van der Waals surface area contributed by atoms with Crippen LogP contribution in [0, 0.1) is 0 Å². The maximum Gasteiger partial charge on any atom is 0.0918 e. The van der Waals surface area contributed by atoms with Crippen molar-refractivity contribution in [3.63, 3.8) is 0 Å². The minimum atomic E-state index is 0.110. The van der Waals surface area contributed by atoms with E-state index in [-0.39, 0.29) is 18.8 Å². The van der Waals surface area contributed by atoms with Gasteiger partial charge in [-0.25, -0.2) is 0 Å². The van der Waals surface area contributed by atoms with E-state index >= 15 is 0 Å². The number of hydrogen-bond donors (Lipinski definition) is 1. The second-order valence-electron chi connectivity index (χ2n) is 6.54. The molecule has 0 radical (unpaired) electrons. The largest absolute Gasteiger partial charge is 0.391 e. The first kappa shape index (κ1) is 15.7. The molecule has 3 nitrogen and oxygen atoms in total. The summed E-state index contributed by atoms with van der Waals surface area (Å²) in [5.41, 5.74) is 2.68. The van der Waals surface area contributed by atoms with Crippen LogP contribution in [0.3, 0.4) is 0 Å². The van der Waals surface area contributed by atoms with E-state index in [4.69, 9.17) is 4.74 Å². The third kappa shape index (κ3) is 2.85. The number of aliphatic hydroxyl groups is 1. The van der Waals surface area contributed by atoms with E-state index < -0.39 is 0 Å². The van der Waals surface area contributed by atoms with Gasteiger partial charge in [0.05, 0.1) is 23.0 Å². The Labute approximate surface area is 145 Å². The van der Waals surface area contributed by atoms with Crippen LogP contribution in [-0.2, 0) is 11.3 Å². The van der Waals surface area contributed by atoms with Crippen molar-refractivity contribution in [2.75, 3.05) is 20.6 Å². The van der Waals surface area contributed by atoms with Crippen LogP contribution in [0.25, 0.3) is 0 Å². The zero-order valence-corrected chi connectivity index (χ0v) is 15.0. The van der Waals surface area contributed by atoms with Crippen LogP contribution in [0.1, 0.15) is 34.4 Å². The third-order valence-electron chi connectivity index (χ3n) is 4.55. The molecular formula is C18H21NO2S2. The maximum absolute atomic E-state index is 9.52. The number of ether oxygens (including phenoxy) is 1. The van der Waals surface area contributed by atoms with Crippen molar-refractivity contribution in [2.45, 2.75) is 40.3 Å². The highest BCUT2D eigenvalue weighted by Crippen LogP contribution is 2.55. The molecular weight excluding hydrogens is 326 g/mol. The van der Waals surface area contributed by atoms with Crippen LogP contribution < -0.4 is 0 Å². The number of fused-ring (bicyclic) bond motifs is 5. The smallest absolute Gasteiger partial charge is 0.0918 e. The predicted octanol–water partition coefficient (Wildman–Crippen LogP) is 3.88. The van der Waals surface area contributed by atoms with Gasteiger partial charge in [-0.1, -0.05) is 30.0 Å². The molecule has 1 fully saturated rings. The lowest BCUT2D eigenvalue weighted by molar-refractivity contribution is 0.0263. The van der Waals surface area contributed by atoms with Crippen LogP contribution in [0.5, 0.6) is 0 Å². The summed E-state index contributed by atoms with van der Waals surface area (Å²) in [6, 6.07) is 10.9. The molecule has 0 bridgehead atoms. The minimum absolute atomic E-state index is 0.110. The van der Waals surface area contributed by atoms with E-state index in [0.29, 0.717) is 5.92 Å². The van der Waals surface area contributed by atoms with Crippen LogP contribution in [0.2, 0.25) is 0 Å². The highest BCUT2D eigenvalue weighted by Gasteiger charge is 2.41. The molecule has 1 aromatic heterocycles. The molecule has 0 amide bonds. The molecule has 5 heteroatoms. The Bertz CT molecular complexity index is 713. The fourth-order valence-corrected chi connectivity index (χ4v) is 6.16. The Kier molecular flexibility index (Phi) is 4.24. The average Bonchev–Trinajstić information content (AvgIpc) is 3.08. The number of rotatable bonds is 3. The summed E-state index contributed by atoms with van der Waals surface area (Å²) >= 11 is 3.53. The highest BCUT2D eigenvalue weighted by atomic mass is 32.2. The molecule has 3 heterocycles. The van der Waals surface area contributed by atoms with E-state index in [9.17, 15) is 5.11 Å². The van der Waals surface area contributed by atoms with Crippen molar-refractivity contribution in [2.24, 2.45) is 0 Å². The first-order valence-electron chi connectivity index (χ1n) is 7.96. The number of hydrogen-bond acceptors (Lipinski definition) is 5. The summed E-state index contributed by atoms with van der Waals surface area (Å²) in [5, 5.41) is 9.52. The third-order valence-corrected chi connectivity index (χ3v) is 6.99. The molecule has 0 aliphatic carbocycles. The number of aliphatic hydroxyl groups excluding tert-OH is 1. The van der Waals surface area contributed by atoms with Crippen LogP contribution >= 0.6 is 23.1 Å². The first-order valence-corrected chi connectivity index (χ1v) is 9.59. The van der Waals surface area contributed by atoms with Crippen LogP contribution in [0.4, 0.5) is 0 Å². The van der Waals surface area contributed by atoms with E-state index in [1.165, 1.54) is 20.2 Å². The lowest BCUT2D eigenvalue weighted by Gasteiger charge is -2.18. The Hall–Kier alpha value is -0.850.